The van der Waals surface area contributed by atoms with Crippen LogP contribution >= 0.6 is 0 Å². The lowest BCUT2D eigenvalue weighted by atomic mass is 10.1. The van der Waals surface area contributed by atoms with Gasteiger partial charge in [-0.15, -0.1) is 0 Å². The number of carbonyl (C=O) groups excluding carboxylic acids is 1. The molecule has 2 rings (SSSR count). The second-order valence-electron chi connectivity index (χ2n) is 4.57. The van der Waals surface area contributed by atoms with Gasteiger partial charge >= 0.3 is 0 Å². The minimum Gasteiger partial charge on any atom is -0.496 e. The van der Waals surface area contributed by atoms with Crippen LogP contribution in [0.3, 0.4) is 0 Å². The summed E-state index contributed by atoms with van der Waals surface area (Å²) in [5.41, 5.74) is 1.57. The quantitative estimate of drug-likeness (QED) is 0.825. The fourth-order valence-electron chi connectivity index (χ4n) is 2.20. The van der Waals surface area contributed by atoms with Crippen LogP contribution in [0.4, 0.5) is 0 Å². The number of nitrogens with one attached hydrogen (secondary N) is 2. The van der Waals surface area contributed by atoms with Crippen molar-refractivity contribution in [1.82, 2.24) is 10.6 Å². The molecule has 0 aromatic heterocycles. The van der Waals surface area contributed by atoms with Crippen molar-refractivity contribution in [3.8, 4) is 11.8 Å². The lowest BCUT2D eigenvalue weighted by Gasteiger charge is -2.13. The van der Waals surface area contributed by atoms with Crippen LogP contribution in [0.25, 0.3) is 0 Å². The minimum atomic E-state index is 0.121. The minimum absolute atomic E-state index is 0.121. The fraction of sp³-hybridized carbons (Fsp3) is 0.429. The van der Waals surface area contributed by atoms with Crippen LogP contribution in [-0.2, 0) is 11.3 Å². The summed E-state index contributed by atoms with van der Waals surface area (Å²) in [5, 5.41) is 15.1. The van der Waals surface area contributed by atoms with Gasteiger partial charge in [-0.25, -0.2) is 0 Å². The van der Waals surface area contributed by atoms with E-state index in [0.717, 1.165) is 24.3 Å². The molecule has 100 valence electrons. The van der Waals surface area contributed by atoms with Gasteiger partial charge in [0.1, 0.15) is 5.75 Å². The molecule has 19 heavy (non-hydrogen) atoms. The van der Waals surface area contributed by atoms with Gasteiger partial charge in [0.25, 0.3) is 0 Å². The molecule has 0 aliphatic carbocycles. The fourth-order valence-corrected chi connectivity index (χ4v) is 2.20. The summed E-state index contributed by atoms with van der Waals surface area (Å²) in [6, 6.07) is 7.67. The average Bonchev–Trinajstić information content (AvgIpc) is 2.84. The Labute approximate surface area is 112 Å². The molecule has 5 heteroatoms. The zero-order chi connectivity index (χ0) is 13.7. The molecule has 2 N–H and O–H groups in total. The van der Waals surface area contributed by atoms with Gasteiger partial charge in [0.2, 0.25) is 5.91 Å². The maximum Gasteiger partial charge on any atom is 0.220 e. The number of carbonyl (C=O) groups is 1. The SMILES string of the molecule is COc1ccc(C#N)cc1CNCC1CCC(=O)N1. The molecule has 1 aliphatic rings. The Balaban J connectivity index is 1.91. The van der Waals surface area contributed by atoms with Gasteiger partial charge in [0.15, 0.2) is 0 Å². The first-order chi connectivity index (χ1) is 9.22. The number of nitrogens with zero attached hydrogens (tertiary/aromatic N) is 1. The first-order valence-corrected chi connectivity index (χ1v) is 6.30. The maximum atomic E-state index is 11.1. The monoisotopic (exact) mass is 259 g/mol. The van der Waals surface area contributed by atoms with Crippen molar-refractivity contribution in [3.63, 3.8) is 0 Å². The van der Waals surface area contributed by atoms with Gasteiger partial charge in [-0.1, -0.05) is 0 Å². The summed E-state index contributed by atoms with van der Waals surface area (Å²) >= 11 is 0. The summed E-state index contributed by atoms with van der Waals surface area (Å²) < 4.78 is 5.27. The normalized spacial score (nSPS) is 17.9. The molecule has 0 saturated carbocycles. The second kappa shape index (κ2) is 6.21. The highest BCUT2D eigenvalue weighted by Gasteiger charge is 2.19. The first kappa shape index (κ1) is 13.4. The Morgan fingerprint density at radius 2 is 2.42 bits per heavy atom. The Bertz CT molecular complexity index is 508. The van der Waals surface area contributed by atoms with E-state index in [1.807, 2.05) is 6.07 Å². The van der Waals surface area contributed by atoms with E-state index in [9.17, 15) is 4.79 Å². The number of hydrogen-bond donors (Lipinski definition) is 2. The van der Waals surface area contributed by atoms with Crippen molar-refractivity contribution in [2.45, 2.75) is 25.4 Å². The second-order valence-corrected chi connectivity index (χ2v) is 4.57. The molecular formula is C14H17N3O2. The molecule has 0 spiro atoms. The van der Waals surface area contributed by atoms with E-state index in [1.54, 1.807) is 19.2 Å². The molecule has 1 fully saturated rings. The van der Waals surface area contributed by atoms with Crippen LogP contribution < -0.4 is 15.4 Å². The first-order valence-electron chi connectivity index (χ1n) is 6.30. The molecule has 1 atom stereocenters. The number of benzene rings is 1. The van der Waals surface area contributed by atoms with E-state index in [-0.39, 0.29) is 11.9 Å². The smallest absolute Gasteiger partial charge is 0.220 e. The third-order valence-electron chi connectivity index (χ3n) is 3.20. The molecule has 0 radical (unpaired) electrons. The van der Waals surface area contributed by atoms with Crippen LogP contribution in [0.15, 0.2) is 18.2 Å². The molecule has 1 aromatic carbocycles. The number of methoxy groups -OCH3 is 1. The molecule has 1 heterocycles. The Morgan fingerprint density at radius 3 is 3.05 bits per heavy atom. The van der Waals surface area contributed by atoms with E-state index in [0.29, 0.717) is 18.5 Å². The van der Waals surface area contributed by atoms with Crippen LogP contribution in [0.2, 0.25) is 0 Å². The number of ether oxygens (including phenoxy) is 1. The van der Waals surface area contributed by atoms with Crippen molar-refractivity contribution >= 4 is 5.91 Å². The van der Waals surface area contributed by atoms with Crippen molar-refractivity contribution < 1.29 is 9.53 Å². The molecular weight excluding hydrogens is 242 g/mol. The van der Waals surface area contributed by atoms with Crippen molar-refractivity contribution in [2.24, 2.45) is 0 Å². The van der Waals surface area contributed by atoms with Crippen molar-refractivity contribution in [2.75, 3.05) is 13.7 Å². The van der Waals surface area contributed by atoms with Crippen LogP contribution in [0, 0.1) is 11.3 Å². The Kier molecular flexibility index (Phi) is 4.37. The number of amides is 1. The highest BCUT2D eigenvalue weighted by atomic mass is 16.5. The molecule has 1 saturated heterocycles. The van der Waals surface area contributed by atoms with E-state index < -0.39 is 0 Å². The standard InChI is InChI=1S/C14H17N3O2/c1-19-13-4-2-10(7-15)6-11(13)8-16-9-12-3-5-14(18)17-12/h2,4,6,12,16H,3,5,8-9H2,1H3,(H,17,18). The molecule has 1 amide bonds. The lowest BCUT2D eigenvalue weighted by Crippen LogP contribution is -2.35. The van der Waals surface area contributed by atoms with Crippen molar-refractivity contribution in [1.29, 1.82) is 5.26 Å². The summed E-state index contributed by atoms with van der Waals surface area (Å²) in [4.78, 5) is 11.1. The predicted octanol–water partition coefficient (Wildman–Crippen LogP) is 0.935. The highest BCUT2D eigenvalue weighted by molar-refractivity contribution is 5.78. The number of rotatable bonds is 5. The van der Waals surface area contributed by atoms with Crippen LogP contribution in [0.5, 0.6) is 5.75 Å². The van der Waals surface area contributed by atoms with E-state index in [2.05, 4.69) is 16.7 Å². The number of hydrogen-bond acceptors (Lipinski definition) is 4. The molecule has 1 aliphatic heterocycles. The zero-order valence-electron chi connectivity index (χ0n) is 10.9. The van der Waals surface area contributed by atoms with Crippen LogP contribution in [0.1, 0.15) is 24.0 Å². The third-order valence-corrected chi connectivity index (χ3v) is 3.20. The van der Waals surface area contributed by atoms with Gasteiger partial charge in [-0.3, -0.25) is 4.79 Å². The van der Waals surface area contributed by atoms with Gasteiger partial charge < -0.3 is 15.4 Å². The zero-order valence-corrected chi connectivity index (χ0v) is 10.9. The summed E-state index contributed by atoms with van der Waals surface area (Å²) in [6.45, 7) is 1.34. The number of nitriles is 1. The largest absolute Gasteiger partial charge is 0.496 e. The Hall–Kier alpha value is -2.06. The highest BCUT2D eigenvalue weighted by Crippen LogP contribution is 2.19. The molecule has 0 bridgehead atoms. The van der Waals surface area contributed by atoms with Gasteiger partial charge in [0.05, 0.1) is 18.7 Å². The summed E-state index contributed by atoms with van der Waals surface area (Å²) in [6.07, 6.45) is 1.49. The van der Waals surface area contributed by atoms with E-state index in [1.165, 1.54) is 0 Å². The summed E-state index contributed by atoms with van der Waals surface area (Å²) in [7, 11) is 1.61. The predicted molar refractivity (Wildman–Crippen MR) is 70.6 cm³/mol. The average molecular weight is 259 g/mol. The van der Waals surface area contributed by atoms with Crippen molar-refractivity contribution in [3.05, 3.63) is 29.3 Å². The van der Waals surface area contributed by atoms with E-state index >= 15 is 0 Å². The molecule has 1 unspecified atom stereocenters. The lowest BCUT2D eigenvalue weighted by molar-refractivity contribution is -0.119. The topological polar surface area (TPSA) is 74.1 Å². The van der Waals surface area contributed by atoms with Gasteiger partial charge in [0, 0.05) is 31.1 Å². The van der Waals surface area contributed by atoms with Crippen LogP contribution in [-0.4, -0.2) is 25.6 Å². The summed E-state index contributed by atoms with van der Waals surface area (Å²) in [5.74, 6) is 0.887. The molecule has 1 aromatic rings. The van der Waals surface area contributed by atoms with Gasteiger partial charge in [-0.2, -0.15) is 5.26 Å². The van der Waals surface area contributed by atoms with Gasteiger partial charge in [-0.05, 0) is 24.6 Å². The Morgan fingerprint density at radius 1 is 1.58 bits per heavy atom. The molecule has 5 nitrogen and oxygen atoms in total. The maximum absolute atomic E-state index is 11.1. The third kappa shape index (κ3) is 3.46. The van der Waals surface area contributed by atoms with E-state index in [4.69, 9.17) is 10.00 Å².